The van der Waals surface area contributed by atoms with E-state index in [9.17, 15) is 9.90 Å². The van der Waals surface area contributed by atoms with Crippen LogP contribution in [-0.2, 0) is 23.7 Å². The van der Waals surface area contributed by atoms with E-state index in [0.29, 0.717) is 19.3 Å². The molecule has 3 aliphatic rings. The Bertz CT molecular complexity index is 667. The summed E-state index contributed by atoms with van der Waals surface area (Å²) in [7, 11) is 0. The second-order valence-electron chi connectivity index (χ2n) is 10.5. The Balaban J connectivity index is 1.68. The van der Waals surface area contributed by atoms with Gasteiger partial charge < -0.3 is 29.2 Å². The van der Waals surface area contributed by atoms with E-state index in [1.165, 1.54) is 12.8 Å². The molecule has 1 aliphatic carbocycles. The van der Waals surface area contributed by atoms with Crippen molar-refractivity contribution in [1.29, 1.82) is 0 Å². The topological polar surface area (TPSA) is 94.5 Å². The molecule has 0 aromatic rings. The molecule has 7 nitrogen and oxygen atoms in total. The number of allylic oxidation sites excluding steroid dienone is 2. The van der Waals surface area contributed by atoms with E-state index in [1.54, 1.807) is 0 Å². The van der Waals surface area contributed by atoms with Crippen LogP contribution in [0.15, 0.2) is 24.3 Å². The Kier molecular flexibility index (Phi) is 13.5. The SMILES string of the molecule is CCCCCC(C=C[C@@H]1[C@@H](CC=CCCC(=O)O)[C@@H](O)C[C@H]1OC1CCCCO1)O[C@H]1CCCCO1. The molecule has 0 aromatic carbocycles. The molecular formula is C29H48O7. The van der Waals surface area contributed by atoms with Crippen molar-refractivity contribution in [3.8, 4) is 0 Å². The first kappa shape index (κ1) is 29.3. The van der Waals surface area contributed by atoms with Crippen molar-refractivity contribution in [2.45, 2.75) is 128 Å². The van der Waals surface area contributed by atoms with E-state index in [4.69, 9.17) is 24.1 Å². The molecule has 206 valence electrons. The highest BCUT2D eigenvalue weighted by molar-refractivity contribution is 5.66. The van der Waals surface area contributed by atoms with Crippen molar-refractivity contribution < 1.29 is 34.0 Å². The fourth-order valence-electron chi connectivity index (χ4n) is 5.49. The van der Waals surface area contributed by atoms with Crippen LogP contribution in [0, 0.1) is 11.8 Å². The number of rotatable bonds is 15. The number of unbranched alkanes of at least 4 members (excludes halogenated alkanes) is 2. The normalized spacial score (nSPS) is 32.4. The zero-order chi connectivity index (χ0) is 25.6. The minimum Gasteiger partial charge on any atom is -0.481 e. The molecule has 1 saturated carbocycles. The van der Waals surface area contributed by atoms with Gasteiger partial charge in [0, 0.05) is 32.0 Å². The Morgan fingerprint density at radius 1 is 1.06 bits per heavy atom. The third kappa shape index (κ3) is 10.3. The summed E-state index contributed by atoms with van der Waals surface area (Å²) in [5.41, 5.74) is 0. The average Bonchev–Trinajstić information content (AvgIpc) is 3.17. The van der Waals surface area contributed by atoms with E-state index in [2.05, 4.69) is 19.1 Å². The first-order valence-corrected chi connectivity index (χ1v) is 14.3. The van der Waals surface area contributed by atoms with Crippen LogP contribution in [0.25, 0.3) is 0 Å². The molecule has 0 aromatic heterocycles. The smallest absolute Gasteiger partial charge is 0.303 e. The van der Waals surface area contributed by atoms with Crippen LogP contribution in [0.2, 0.25) is 0 Å². The molecular weight excluding hydrogens is 460 g/mol. The third-order valence-electron chi connectivity index (χ3n) is 7.56. The Morgan fingerprint density at radius 3 is 2.47 bits per heavy atom. The summed E-state index contributed by atoms with van der Waals surface area (Å²) in [5, 5.41) is 19.9. The molecule has 2 unspecified atom stereocenters. The van der Waals surface area contributed by atoms with Gasteiger partial charge in [-0.2, -0.15) is 0 Å². The van der Waals surface area contributed by atoms with Gasteiger partial charge in [0.15, 0.2) is 12.6 Å². The molecule has 2 saturated heterocycles. The highest BCUT2D eigenvalue weighted by Gasteiger charge is 2.42. The number of aliphatic carboxylic acids is 1. The van der Waals surface area contributed by atoms with Gasteiger partial charge in [-0.25, -0.2) is 0 Å². The van der Waals surface area contributed by atoms with Gasteiger partial charge in [0.2, 0.25) is 0 Å². The van der Waals surface area contributed by atoms with Gasteiger partial charge in [-0.3, -0.25) is 4.79 Å². The molecule has 2 aliphatic heterocycles. The lowest BCUT2D eigenvalue weighted by molar-refractivity contribution is -0.193. The fraction of sp³-hybridized carbons (Fsp3) is 0.828. The summed E-state index contributed by atoms with van der Waals surface area (Å²) in [4.78, 5) is 10.8. The zero-order valence-corrected chi connectivity index (χ0v) is 22.1. The van der Waals surface area contributed by atoms with Gasteiger partial charge in [0.25, 0.3) is 0 Å². The van der Waals surface area contributed by atoms with Crippen LogP contribution in [-0.4, -0.2) is 60.3 Å². The lowest BCUT2D eigenvalue weighted by Crippen LogP contribution is -2.31. The largest absolute Gasteiger partial charge is 0.481 e. The first-order valence-electron chi connectivity index (χ1n) is 14.3. The van der Waals surface area contributed by atoms with Gasteiger partial charge in [0.1, 0.15) is 0 Å². The van der Waals surface area contributed by atoms with Gasteiger partial charge in [-0.15, -0.1) is 0 Å². The molecule has 2 N–H and O–H groups in total. The molecule has 2 heterocycles. The standard InChI is InChI=1S/C29H48O7/c1-2-3-5-12-22(35-28-15-8-10-19-33-28)17-18-24-23(13-6-4-7-14-27(31)32)25(30)21-26(24)36-29-16-9-11-20-34-29/h4,6,17-18,22-26,28-30H,2-3,5,7-16,19-21H2,1H3,(H,31,32)/t22?,23-,24-,25+,26-,28+,29?/m1/s1. The molecule has 7 atom stereocenters. The number of hydrogen-bond donors (Lipinski definition) is 2. The maximum Gasteiger partial charge on any atom is 0.303 e. The summed E-state index contributed by atoms with van der Waals surface area (Å²) in [5.74, 6) is -0.740. The monoisotopic (exact) mass is 508 g/mol. The molecule has 0 bridgehead atoms. The highest BCUT2D eigenvalue weighted by atomic mass is 16.7. The molecule has 7 heteroatoms. The summed E-state index contributed by atoms with van der Waals surface area (Å²) in [6, 6.07) is 0. The van der Waals surface area contributed by atoms with Crippen LogP contribution < -0.4 is 0 Å². The molecule has 36 heavy (non-hydrogen) atoms. The van der Waals surface area contributed by atoms with Crippen molar-refractivity contribution in [3.05, 3.63) is 24.3 Å². The van der Waals surface area contributed by atoms with E-state index in [1.807, 2.05) is 12.2 Å². The van der Waals surface area contributed by atoms with Crippen LogP contribution in [0.4, 0.5) is 0 Å². The molecule has 0 spiro atoms. The minimum absolute atomic E-state index is 0.0122. The maximum absolute atomic E-state index is 11.0. The summed E-state index contributed by atoms with van der Waals surface area (Å²) < 4.78 is 24.5. The fourth-order valence-corrected chi connectivity index (χ4v) is 5.49. The summed E-state index contributed by atoms with van der Waals surface area (Å²) in [6.07, 6.45) is 19.9. The second kappa shape index (κ2) is 16.6. The van der Waals surface area contributed by atoms with Gasteiger partial charge in [0.05, 0.1) is 18.3 Å². The number of carboxylic acids is 1. The molecule has 0 amide bonds. The van der Waals surface area contributed by atoms with Gasteiger partial charge >= 0.3 is 5.97 Å². The summed E-state index contributed by atoms with van der Waals surface area (Å²) in [6.45, 7) is 3.70. The van der Waals surface area contributed by atoms with Crippen molar-refractivity contribution in [1.82, 2.24) is 0 Å². The van der Waals surface area contributed by atoms with E-state index < -0.39 is 12.1 Å². The number of aliphatic hydroxyl groups is 1. The van der Waals surface area contributed by atoms with E-state index in [-0.39, 0.29) is 43.0 Å². The minimum atomic E-state index is -0.793. The number of carboxylic acid groups (broad SMARTS) is 1. The number of hydrogen-bond acceptors (Lipinski definition) is 6. The second-order valence-corrected chi connectivity index (χ2v) is 10.5. The molecule has 3 fully saturated rings. The van der Waals surface area contributed by atoms with Gasteiger partial charge in [-0.1, -0.05) is 50.5 Å². The maximum atomic E-state index is 11.0. The first-order chi connectivity index (χ1) is 17.6. The summed E-state index contributed by atoms with van der Waals surface area (Å²) >= 11 is 0. The average molecular weight is 509 g/mol. The predicted octanol–water partition coefficient (Wildman–Crippen LogP) is 5.75. The Morgan fingerprint density at radius 2 is 1.81 bits per heavy atom. The lowest BCUT2D eigenvalue weighted by Gasteiger charge is -2.30. The van der Waals surface area contributed by atoms with Crippen molar-refractivity contribution in [3.63, 3.8) is 0 Å². The zero-order valence-electron chi connectivity index (χ0n) is 22.1. The van der Waals surface area contributed by atoms with Crippen LogP contribution >= 0.6 is 0 Å². The van der Waals surface area contributed by atoms with Crippen LogP contribution in [0.5, 0.6) is 0 Å². The predicted molar refractivity (Wildman–Crippen MR) is 138 cm³/mol. The third-order valence-corrected chi connectivity index (χ3v) is 7.56. The van der Waals surface area contributed by atoms with E-state index in [0.717, 1.165) is 64.6 Å². The number of ether oxygens (including phenoxy) is 4. The quantitative estimate of drug-likeness (QED) is 0.215. The van der Waals surface area contributed by atoms with Crippen molar-refractivity contribution in [2.24, 2.45) is 11.8 Å². The Hall–Kier alpha value is -1.25. The lowest BCUT2D eigenvalue weighted by atomic mass is 9.89. The number of carbonyl (C=O) groups is 1. The van der Waals surface area contributed by atoms with Crippen LogP contribution in [0.1, 0.15) is 96.8 Å². The van der Waals surface area contributed by atoms with Crippen LogP contribution in [0.3, 0.4) is 0 Å². The van der Waals surface area contributed by atoms with Crippen molar-refractivity contribution in [2.75, 3.05) is 13.2 Å². The Labute approximate surface area is 217 Å². The molecule has 3 rings (SSSR count). The molecule has 0 radical (unpaired) electrons. The van der Waals surface area contributed by atoms with E-state index >= 15 is 0 Å². The number of aliphatic hydroxyl groups excluding tert-OH is 1. The van der Waals surface area contributed by atoms with Gasteiger partial charge in [-0.05, 0) is 63.7 Å². The highest BCUT2D eigenvalue weighted by Crippen LogP contribution is 2.39. The van der Waals surface area contributed by atoms with Crippen molar-refractivity contribution >= 4 is 5.97 Å².